The van der Waals surface area contributed by atoms with Crippen molar-refractivity contribution < 1.29 is 0 Å². The molecule has 9 heteroatoms. The van der Waals surface area contributed by atoms with Crippen LogP contribution in [0.3, 0.4) is 0 Å². The zero-order valence-corrected chi connectivity index (χ0v) is 18.8. The summed E-state index contributed by atoms with van der Waals surface area (Å²) in [5.41, 5.74) is 6.84. The molecule has 0 bridgehead atoms. The Hall–Kier alpha value is -4.92. The second-order valence-corrected chi connectivity index (χ2v) is 8.60. The predicted molar refractivity (Wildman–Crippen MR) is 135 cm³/mol. The summed E-state index contributed by atoms with van der Waals surface area (Å²) in [6.07, 6.45) is 13.5. The molecule has 0 saturated heterocycles. The minimum atomic E-state index is -0.00635. The average Bonchev–Trinajstić information content (AvgIpc) is 3.68. The fraction of sp³-hybridized carbons (Fsp3) is 0.0769. The lowest BCUT2D eigenvalue weighted by Gasteiger charge is -2.26. The first kappa shape index (κ1) is 19.5. The molecule has 0 spiro atoms. The predicted octanol–water partition coefficient (Wildman–Crippen LogP) is 4.80. The van der Waals surface area contributed by atoms with Gasteiger partial charge in [0.2, 0.25) is 0 Å². The third kappa shape index (κ3) is 3.33. The lowest BCUT2D eigenvalue weighted by Crippen LogP contribution is -2.21. The normalized spacial score (nSPS) is 15.9. The molecule has 1 atom stereocenters. The summed E-state index contributed by atoms with van der Waals surface area (Å²) in [7, 11) is 2.05. The van der Waals surface area contributed by atoms with E-state index < -0.39 is 0 Å². The molecule has 0 aliphatic carbocycles. The number of hydrogen-bond donors (Lipinski definition) is 4. The van der Waals surface area contributed by atoms with E-state index in [1.807, 2.05) is 43.7 Å². The Morgan fingerprint density at radius 1 is 0.771 bits per heavy atom. The van der Waals surface area contributed by atoms with Crippen LogP contribution in [0.2, 0.25) is 0 Å². The first-order valence-electron chi connectivity index (χ1n) is 11.3. The molecule has 4 aromatic heterocycles. The van der Waals surface area contributed by atoms with Gasteiger partial charge in [0.05, 0.1) is 22.1 Å². The maximum absolute atomic E-state index is 4.84. The van der Waals surface area contributed by atoms with Crippen LogP contribution >= 0.6 is 0 Å². The highest BCUT2D eigenvalue weighted by molar-refractivity contribution is 5.85. The van der Waals surface area contributed by atoms with Crippen molar-refractivity contribution in [2.24, 2.45) is 0 Å². The first-order valence-corrected chi connectivity index (χ1v) is 11.3. The van der Waals surface area contributed by atoms with Crippen LogP contribution in [0.15, 0.2) is 79.5 Å². The summed E-state index contributed by atoms with van der Waals surface area (Å²) < 4.78 is 0. The van der Waals surface area contributed by atoms with Gasteiger partial charge >= 0.3 is 0 Å². The molecule has 6 aromatic rings. The molecule has 5 heterocycles. The quantitative estimate of drug-likeness (QED) is 0.302. The van der Waals surface area contributed by atoms with Crippen molar-refractivity contribution in [1.82, 2.24) is 44.8 Å². The van der Waals surface area contributed by atoms with Crippen LogP contribution in [-0.4, -0.2) is 51.8 Å². The summed E-state index contributed by atoms with van der Waals surface area (Å²) in [6.45, 7) is 0. The number of aromatic amines is 4. The number of imidazole rings is 4. The Labute approximate surface area is 199 Å². The van der Waals surface area contributed by atoms with Crippen LogP contribution in [0.5, 0.6) is 0 Å². The van der Waals surface area contributed by atoms with Crippen molar-refractivity contribution in [2.75, 3.05) is 7.05 Å². The third-order valence-corrected chi connectivity index (χ3v) is 6.32. The Balaban J connectivity index is 1.17. The van der Waals surface area contributed by atoms with Crippen molar-refractivity contribution >= 4 is 27.6 Å². The van der Waals surface area contributed by atoms with Gasteiger partial charge in [-0.05, 0) is 36.4 Å². The minimum Gasteiger partial charge on any atom is -0.366 e. The van der Waals surface area contributed by atoms with E-state index in [0.717, 1.165) is 62.1 Å². The highest BCUT2D eigenvalue weighted by Crippen LogP contribution is 2.31. The highest BCUT2D eigenvalue weighted by Gasteiger charge is 2.21. The van der Waals surface area contributed by atoms with Crippen molar-refractivity contribution in [3.8, 4) is 22.8 Å². The molecule has 0 saturated carbocycles. The summed E-state index contributed by atoms with van der Waals surface area (Å²) in [5, 5.41) is 0. The molecule has 1 unspecified atom stereocenters. The number of H-pyrrole nitrogens is 4. The molecular weight excluding hydrogens is 438 g/mol. The van der Waals surface area contributed by atoms with Gasteiger partial charge in [0.25, 0.3) is 0 Å². The zero-order valence-electron chi connectivity index (χ0n) is 18.8. The van der Waals surface area contributed by atoms with Gasteiger partial charge in [0, 0.05) is 54.7 Å². The molecule has 170 valence electrons. The van der Waals surface area contributed by atoms with E-state index in [2.05, 4.69) is 65.3 Å². The molecule has 35 heavy (non-hydrogen) atoms. The van der Waals surface area contributed by atoms with Crippen molar-refractivity contribution in [2.45, 2.75) is 6.04 Å². The molecule has 7 rings (SSSR count). The van der Waals surface area contributed by atoms with Gasteiger partial charge in [0.15, 0.2) is 0 Å². The van der Waals surface area contributed by atoms with E-state index in [1.165, 1.54) is 0 Å². The van der Waals surface area contributed by atoms with Crippen LogP contribution in [0.25, 0.3) is 50.4 Å². The van der Waals surface area contributed by atoms with E-state index in [1.54, 1.807) is 12.4 Å². The standard InChI is InChI=1S/C26H21N9/c1-35-14-17(25-31-18-5-2-15(12-20(18)33-25)23-27-8-9-28-23)4-7-22(35)26-32-19-6-3-16(13-21(19)34-26)24-29-10-11-30-24/h2-14,22H,1H3,(H,27,28)(H,29,30)(H,31,33)(H,32,34). The Morgan fingerprint density at radius 2 is 1.43 bits per heavy atom. The van der Waals surface area contributed by atoms with E-state index in [4.69, 9.17) is 9.97 Å². The SMILES string of the molecule is CN1C=C(c2nc3ccc(-c4ncc[nH]4)cc3[nH]2)C=CC1c1nc2ccc(-c3ncc[nH]3)cc2[nH]1. The van der Waals surface area contributed by atoms with Gasteiger partial charge in [-0.25, -0.2) is 19.9 Å². The maximum atomic E-state index is 4.84. The summed E-state index contributed by atoms with van der Waals surface area (Å²) in [6, 6.07) is 12.2. The van der Waals surface area contributed by atoms with Gasteiger partial charge in [-0.2, -0.15) is 0 Å². The largest absolute Gasteiger partial charge is 0.366 e. The van der Waals surface area contributed by atoms with E-state index in [-0.39, 0.29) is 6.04 Å². The lowest BCUT2D eigenvalue weighted by atomic mass is 10.1. The van der Waals surface area contributed by atoms with Crippen molar-refractivity contribution in [3.05, 3.63) is 91.2 Å². The topological polar surface area (TPSA) is 118 Å². The number of aromatic nitrogens is 8. The molecule has 1 aliphatic heterocycles. The molecule has 1 aliphatic rings. The monoisotopic (exact) mass is 459 g/mol. The summed E-state index contributed by atoms with van der Waals surface area (Å²) in [5.74, 6) is 3.39. The van der Waals surface area contributed by atoms with Crippen LogP contribution in [-0.2, 0) is 0 Å². The van der Waals surface area contributed by atoms with Gasteiger partial charge in [-0.15, -0.1) is 0 Å². The van der Waals surface area contributed by atoms with Gasteiger partial charge in [-0.3, -0.25) is 0 Å². The molecule has 4 N–H and O–H groups in total. The highest BCUT2D eigenvalue weighted by atomic mass is 15.2. The van der Waals surface area contributed by atoms with Crippen molar-refractivity contribution in [3.63, 3.8) is 0 Å². The third-order valence-electron chi connectivity index (χ3n) is 6.32. The zero-order chi connectivity index (χ0) is 23.4. The van der Waals surface area contributed by atoms with Gasteiger partial charge in [-0.1, -0.05) is 12.2 Å². The Bertz CT molecular complexity index is 1720. The number of fused-ring (bicyclic) bond motifs is 2. The fourth-order valence-electron chi connectivity index (χ4n) is 4.55. The first-order chi connectivity index (χ1) is 17.2. The number of allylic oxidation sites excluding steroid dienone is 2. The van der Waals surface area contributed by atoms with Crippen LogP contribution in [0.1, 0.15) is 17.7 Å². The second-order valence-electron chi connectivity index (χ2n) is 8.60. The lowest BCUT2D eigenvalue weighted by molar-refractivity contribution is 0.379. The molecule has 0 radical (unpaired) electrons. The molecule has 9 nitrogen and oxygen atoms in total. The maximum Gasteiger partial charge on any atom is 0.139 e. The van der Waals surface area contributed by atoms with Crippen LogP contribution in [0.4, 0.5) is 0 Å². The summed E-state index contributed by atoms with van der Waals surface area (Å²) >= 11 is 0. The minimum absolute atomic E-state index is 0.00635. The number of rotatable bonds is 4. The Morgan fingerprint density at radius 3 is 2.06 bits per heavy atom. The number of likely N-dealkylation sites (N-methyl/N-ethyl adjacent to an activating group) is 1. The average molecular weight is 460 g/mol. The van der Waals surface area contributed by atoms with Crippen LogP contribution < -0.4 is 0 Å². The van der Waals surface area contributed by atoms with Crippen molar-refractivity contribution in [1.29, 1.82) is 0 Å². The van der Waals surface area contributed by atoms with E-state index in [9.17, 15) is 0 Å². The smallest absolute Gasteiger partial charge is 0.139 e. The van der Waals surface area contributed by atoms with Gasteiger partial charge < -0.3 is 24.8 Å². The Kier molecular flexibility index (Phi) is 4.22. The van der Waals surface area contributed by atoms with Gasteiger partial charge in [0.1, 0.15) is 29.3 Å². The molecule has 2 aromatic carbocycles. The molecule has 0 amide bonds. The van der Waals surface area contributed by atoms with E-state index >= 15 is 0 Å². The van der Waals surface area contributed by atoms with E-state index in [0.29, 0.717) is 0 Å². The molecule has 0 fully saturated rings. The fourth-order valence-corrected chi connectivity index (χ4v) is 4.55. The number of hydrogen-bond acceptors (Lipinski definition) is 5. The molecular formula is C26H21N9. The van der Waals surface area contributed by atoms with Crippen LogP contribution in [0, 0.1) is 0 Å². The number of nitrogens with one attached hydrogen (secondary N) is 4. The second kappa shape index (κ2) is 7.56. The number of nitrogens with zero attached hydrogens (tertiary/aromatic N) is 5. The summed E-state index contributed by atoms with van der Waals surface area (Å²) in [4.78, 5) is 33.7. The number of benzene rings is 2.